The first-order chi connectivity index (χ1) is 17.9. The predicted molar refractivity (Wildman–Crippen MR) is 136 cm³/mol. The number of halogens is 2. The van der Waals surface area contributed by atoms with Crippen molar-refractivity contribution < 1.29 is 18.6 Å². The van der Waals surface area contributed by atoms with Crippen molar-refractivity contribution in [3.8, 4) is 11.3 Å². The molecule has 1 aromatic carbocycles. The molecule has 1 fully saturated rings. The fourth-order valence-corrected chi connectivity index (χ4v) is 5.71. The number of aliphatic hydroxyl groups excluding tert-OH is 1. The minimum absolute atomic E-state index is 0.0406. The molecule has 0 spiro atoms. The fourth-order valence-electron chi connectivity index (χ4n) is 5.71. The van der Waals surface area contributed by atoms with Crippen LogP contribution in [0, 0.1) is 17.6 Å². The van der Waals surface area contributed by atoms with Gasteiger partial charge in [-0.2, -0.15) is 5.10 Å². The van der Waals surface area contributed by atoms with Gasteiger partial charge in [0.25, 0.3) is 0 Å². The van der Waals surface area contributed by atoms with Crippen molar-refractivity contribution in [2.24, 2.45) is 11.7 Å². The number of nitrogens with two attached hydrogens (primary N) is 1. The van der Waals surface area contributed by atoms with Gasteiger partial charge in [0.2, 0.25) is 0 Å². The summed E-state index contributed by atoms with van der Waals surface area (Å²) in [6.45, 7) is 1.99. The van der Waals surface area contributed by atoms with Gasteiger partial charge >= 0.3 is 0 Å². The number of aromatic nitrogens is 4. The number of ether oxygens (including phenoxy) is 1. The molecule has 3 heterocycles. The average Bonchev–Trinajstić information content (AvgIpc) is 3.26. The molecule has 0 saturated heterocycles. The van der Waals surface area contributed by atoms with Gasteiger partial charge in [0.1, 0.15) is 17.5 Å². The van der Waals surface area contributed by atoms with Crippen molar-refractivity contribution in [3.63, 3.8) is 0 Å². The fraction of sp³-hybridized carbons (Fsp3) is 0.393. The van der Waals surface area contributed by atoms with E-state index in [2.05, 4.69) is 22.0 Å². The minimum Gasteiger partial charge on any atom is -0.396 e. The summed E-state index contributed by atoms with van der Waals surface area (Å²) < 4.78 is 37.0. The number of methoxy groups -OCH3 is 1. The average molecular weight is 508 g/mol. The van der Waals surface area contributed by atoms with Gasteiger partial charge in [-0.3, -0.25) is 4.98 Å². The smallest absolute Gasteiger partial charge is 0.135 e. The largest absolute Gasteiger partial charge is 0.396 e. The van der Waals surface area contributed by atoms with E-state index in [1.54, 1.807) is 36.2 Å². The van der Waals surface area contributed by atoms with Crippen LogP contribution in [0.5, 0.6) is 0 Å². The SMILES string of the molecule is CO[C@@H]1[C@H](N)C[C@H](c2ccncc2Cc2ncc3ccc(-c4c(F)cc(CCO)cc4F)nn23)C[C@@H]1C. The van der Waals surface area contributed by atoms with Crippen LogP contribution in [0.2, 0.25) is 0 Å². The van der Waals surface area contributed by atoms with Crippen molar-refractivity contribution in [1.29, 1.82) is 0 Å². The zero-order valence-corrected chi connectivity index (χ0v) is 20.9. The Morgan fingerprint density at radius 3 is 2.62 bits per heavy atom. The molecule has 0 amide bonds. The number of pyridine rings is 1. The highest BCUT2D eigenvalue weighted by atomic mass is 19.1. The van der Waals surface area contributed by atoms with Crippen molar-refractivity contribution in [1.82, 2.24) is 19.6 Å². The number of nitrogens with zero attached hydrogens (tertiary/aromatic N) is 4. The zero-order chi connectivity index (χ0) is 26.1. The Morgan fingerprint density at radius 1 is 1.14 bits per heavy atom. The number of fused-ring (bicyclic) bond motifs is 1. The molecule has 0 bridgehead atoms. The third-order valence-electron chi connectivity index (χ3n) is 7.41. The first kappa shape index (κ1) is 25.4. The molecule has 0 aliphatic heterocycles. The van der Waals surface area contributed by atoms with E-state index in [0.717, 1.165) is 23.9 Å². The van der Waals surface area contributed by atoms with Crippen molar-refractivity contribution >= 4 is 5.52 Å². The molecule has 5 rings (SSSR count). The van der Waals surface area contributed by atoms with Crippen molar-refractivity contribution in [2.75, 3.05) is 13.7 Å². The Bertz CT molecular complexity index is 1370. The highest BCUT2D eigenvalue weighted by Crippen LogP contribution is 2.38. The van der Waals surface area contributed by atoms with Gasteiger partial charge < -0.3 is 15.6 Å². The summed E-state index contributed by atoms with van der Waals surface area (Å²) in [4.78, 5) is 8.91. The molecule has 3 aromatic heterocycles. The van der Waals surface area contributed by atoms with Gasteiger partial charge in [0, 0.05) is 38.6 Å². The summed E-state index contributed by atoms with van der Waals surface area (Å²) in [5.41, 5.74) is 9.72. The van der Waals surface area contributed by atoms with Crippen LogP contribution in [-0.4, -0.2) is 50.6 Å². The van der Waals surface area contributed by atoms with E-state index in [-0.39, 0.29) is 42.3 Å². The summed E-state index contributed by atoms with van der Waals surface area (Å²) in [5, 5.41) is 13.7. The van der Waals surface area contributed by atoms with Crippen LogP contribution in [0.1, 0.15) is 48.2 Å². The summed E-state index contributed by atoms with van der Waals surface area (Å²) >= 11 is 0. The highest BCUT2D eigenvalue weighted by Gasteiger charge is 2.35. The lowest BCUT2D eigenvalue weighted by Gasteiger charge is -2.38. The second-order valence-corrected chi connectivity index (χ2v) is 9.90. The van der Waals surface area contributed by atoms with Crippen molar-refractivity contribution in [3.05, 3.63) is 83.1 Å². The first-order valence-corrected chi connectivity index (χ1v) is 12.5. The normalized spacial score (nSPS) is 22.0. The second-order valence-electron chi connectivity index (χ2n) is 9.90. The lowest BCUT2D eigenvalue weighted by molar-refractivity contribution is 0.00970. The van der Waals surface area contributed by atoms with E-state index in [4.69, 9.17) is 15.6 Å². The topological polar surface area (TPSA) is 98.6 Å². The van der Waals surface area contributed by atoms with Crippen LogP contribution < -0.4 is 5.73 Å². The Labute approximate surface area is 214 Å². The summed E-state index contributed by atoms with van der Waals surface area (Å²) in [6, 6.07) is 7.80. The lowest BCUT2D eigenvalue weighted by atomic mass is 9.74. The first-order valence-electron chi connectivity index (χ1n) is 12.5. The molecule has 1 aliphatic carbocycles. The van der Waals surface area contributed by atoms with Crippen molar-refractivity contribution in [2.45, 2.75) is 50.7 Å². The number of aliphatic hydroxyl groups is 1. The Morgan fingerprint density at radius 2 is 1.92 bits per heavy atom. The number of rotatable bonds is 7. The molecule has 3 N–H and O–H groups in total. The number of hydrogen-bond acceptors (Lipinski definition) is 6. The van der Waals surface area contributed by atoms with E-state index < -0.39 is 11.6 Å². The van der Waals surface area contributed by atoms with Gasteiger partial charge in [0.15, 0.2) is 0 Å². The Balaban J connectivity index is 1.48. The van der Waals surface area contributed by atoms with Gasteiger partial charge in [-0.15, -0.1) is 0 Å². The van der Waals surface area contributed by atoms with Crippen LogP contribution in [0.3, 0.4) is 0 Å². The van der Waals surface area contributed by atoms with Crippen LogP contribution in [0.4, 0.5) is 8.78 Å². The van der Waals surface area contributed by atoms with E-state index in [9.17, 15) is 8.78 Å². The van der Waals surface area contributed by atoms with E-state index in [1.807, 2.05) is 12.3 Å². The number of hydrogen-bond donors (Lipinski definition) is 2. The second kappa shape index (κ2) is 10.6. The third kappa shape index (κ3) is 4.99. The molecule has 0 unspecified atom stereocenters. The van der Waals surface area contributed by atoms with Crippen LogP contribution >= 0.6 is 0 Å². The lowest BCUT2D eigenvalue weighted by Crippen LogP contribution is -2.45. The maximum Gasteiger partial charge on any atom is 0.135 e. The van der Waals surface area contributed by atoms with Gasteiger partial charge in [-0.05, 0) is 78.1 Å². The minimum atomic E-state index is -0.719. The molecular weight excluding hydrogens is 476 g/mol. The van der Waals surface area contributed by atoms with Gasteiger partial charge in [-0.25, -0.2) is 18.3 Å². The molecule has 0 radical (unpaired) electrons. The maximum absolute atomic E-state index is 14.9. The number of benzene rings is 1. The highest BCUT2D eigenvalue weighted by molar-refractivity contribution is 5.63. The summed E-state index contributed by atoms with van der Waals surface area (Å²) in [7, 11) is 1.71. The van der Waals surface area contributed by atoms with Gasteiger partial charge in [0.05, 0.1) is 29.1 Å². The number of imidazole rings is 1. The predicted octanol–water partition coefficient (Wildman–Crippen LogP) is 4.05. The monoisotopic (exact) mass is 507 g/mol. The quantitative estimate of drug-likeness (QED) is 0.392. The maximum atomic E-state index is 14.9. The van der Waals surface area contributed by atoms with Crippen LogP contribution in [-0.2, 0) is 17.6 Å². The van der Waals surface area contributed by atoms with E-state index in [0.29, 0.717) is 23.7 Å². The Kier molecular flexibility index (Phi) is 7.28. The molecule has 4 aromatic rings. The Hall–Kier alpha value is -3.27. The zero-order valence-electron chi connectivity index (χ0n) is 20.9. The molecule has 194 valence electrons. The van der Waals surface area contributed by atoms with E-state index >= 15 is 0 Å². The molecular formula is C28H31F2N5O2. The van der Waals surface area contributed by atoms with Crippen LogP contribution in [0.15, 0.2) is 48.9 Å². The van der Waals surface area contributed by atoms with Crippen LogP contribution in [0.25, 0.3) is 16.8 Å². The molecule has 7 nitrogen and oxygen atoms in total. The summed E-state index contributed by atoms with van der Waals surface area (Å²) in [6.07, 6.45) is 7.79. The molecule has 4 atom stereocenters. The standard InChI is InChI=1S/C28H31F2N5O2/c1-16-9-18(12-24(31)28(16)37-2)21-5-7-32-14-19(21)13-26-33-15-20-3-4-25(34-35(20)26)27-22(29)10-17(6-8-36)11-23(27)30/h3-5,7,10-11,14-16,18,24,28,36H,6,8-9,12-13,31H2,1-2H3/t16-,18+,24+,28-/m0/s1. The van der Waals surface area contributed by atoms with Gasteiger partial charge in [-0.1, -0.05) is 6.92 Å². The van der Waals surface area contributed by atoms with E-state index in [1.165, 1.54) is 17.7 Å². The molecule has 37 heavy (non-hydrogen) atoms. The molecule has 1 saturated carbocycles. The third-order valence-corrected chi connectivity index (χ3v) is 7.41. The molecule has 1 aliphatic rings. The molecule has 9 heteroatoms. The summed E-state index contributed by atoms with van der Waals surface area (Å²) in [5.74, 6) is -0.200.